The molecule has 3 atom stereocenters. The molecule has 6 aliphatic carbocycles. The summed E-state index contributed by atoms with van der Waals surface area (Å²) in [5, 5.41) is 2.19. The summed E-state index contributed by atoms with van der Waals surface area (Å²) in [5.74, 6) is 0.308. The van der Waals surface area contributed by atoms with E-state index < -0.39 is 5.41 Å². The molecule has 3 nitrogen and oxygen atoms in total. The maximum atomic E-state index is 6.47. The number of nitrogens with zero attached hydrogens (tertiary/aromatic N) is 2. The first-order chi connectivity index (χ1) is 51.3. The van der Waals surface area contributed by atoms with Crippen molar-refractivity contribution in [2.75, 3.05) is 9.80 Å². The Morgan fingerprint density at radius 2 is 0.769 bits per heavy atom. The highest BCUT2D eigenvalue weighted by Gasteiger charge is 2.58. The molecule has 3 unspecified atom stereocenters. The van der Waals surface area contributed by atoms with Crippen molar-refractivity contribution in [2.24, 2.45) is 5.92 Å². The lowest BCUT2D eigenvalue weighted by Crippen LogP contribution is -2.32. The van der Waals surface area contributed by atoms with E-state index >= 15 is 0 Å². The van der Waals surface area contributed by atoms with Crippen LogP contribution in [0.5, 0.6) is 0 Å². The van der Waals surface area contributed by atoms with Gasteiger partial charge in [0.15, 0.2) is 0 Å². The van der Waals surface area contributed by atoms with E-state index in [1.165, 1.54) is 139 Å². The number of hydrogen-bond donors (Lipinski definition) is 0. The minimum atomic E-state index is -0.588. The van der Waals surface area contributed by atoms with E-state index in [4.69, 9.17) is 4.42 Å². The standard InChI is InChI=1S/C101H68N2O/c1-99(2)90-60-67(49-55-75(90)76-56-53-70(62-91(76)99)103(92-43-21-14-29-71(92)65-27-7-4-8-28-65)94-45-24-42-89-98(94)79-35-13-19-39-85(79)100(89)82-36-16-9-30-72(82)73-31-10-17-37-83(73)100)66-50-57-87-80(59-66)74-32-11-18-38-84(74)101(87)86-40-20-12-34-78(86)97-88(101)41-23-44-93(97)102(68-51-47-64(48-52-68)63-25-5-3-6-26-63)69-54-58-96-81(61-69)77-33-15-22-46-95(77)104-96/h3-62,79,85H,1-2H3. The lowest BCUT2D eigenvalue weighted by Gasteiger charge is -2.36. The van der Waals surface area contributed by atoms with E-state index in [0.717, 1.165) is 50.4 Å². The maximum Gasteiger partial charge on any atom is 0.135 e. The van der Waals surface area contributed by atoms with Crippen molar-refractivity contribution in [1.29, 1.82) is 0 Å². The Balaban J connectivity index is 0.672. The summed E-state index contributed by atoms with van der Waals surface area (Å²) in [7, 11) is 0. The minimum Gasteiger partial charge on any atom is -0.456 e. The van der Waals surface area contributed by atoms with Crippen molar-refractivity contribution >= 4 is 56.1 Å². The van der Waals surface area contributed by atoms with Crippen LogP contribution < -0.4 is 9.80 Å². The summed E-state index contributed by atoms with van der Waals surface area (Å²) < 4.78 is 6.47. The molecule has 0 N–H and O–H groups in total. The Hall–Kier alpha value is -12.8. The molecular weight excluding hydrogens is 1260 g/mol. The van der Waals surface area contributed by atoms with Crippen LogP contribution in [0.15, 0.2) is 368 Å². The number of hydrogen-bond acceptors (Lipinski definition) is 3. The van der Waals surface area contributed by atoms with Crippen LogP contribution in [0, 0.1) is 5.92 Å². The number of allylic oxidation sites excluding steroid dienone is 4. The number of anilines is 6. The molecule has 22 rings (SSSR count). The molecule has 0 saturated carbocycles. The van der Waals surface area contributed by atoms with Crippen molar-refractivity contribution in [3.8, 4) is 77.9 Å². The smallest absolute Gasteiger partial charge is 0.135 e. The first-order valence-corrected chi connectivity index (χ1v) is 36.6. The summed E-state index contributed by atoms with van der Waals surface area (Å²) in [6.45, 7) is 4.89. The Morgan fingerprint density at radius 1 is 0.279 bits per heavy atom. The van der Waals surface area contributed by atoms with Crippen LogP contribution in [0.4, 0.5) is 34.1 Å². The van der Waals surface area contributed by atoms with Gasteiger partial charge in [-0.25, -0.2) is 0 Å². The third-order valence-corrected chi connectivity index (χ3v) is 24.4. The van der Waals surface area contributed by atoms with Crippen molar-refractivity contribution in [3.63, 3.8) is 0 Å². The lowest BCUT2D eigenvalue weighted by molar-refractivity contribution is 0.465. The molecule has 0 bridgehead atoms. The molecule has 1 aromatic heterocycles. The summed E-state index contributed by atoms with van der Waals surface area (Å²) in [5.41, 5.74) is 38.1. The van der Waals surface area contributed by atoms with Crippen LogP contribution in [-0.2, 0) is 16.2 Å². The second kappa shape index (κ2) is 22.1. The fraction of sp³-hybridized carbons (Fsp3) is 0.0693. The molecule has 16 aromatic rings. The van der Waals surface area contributed by atoms with Crippen molar-refractivity contribution in [3.05, 3.63) is 420 Å². The number of rotatable bonds is 9. The molecule has 1 heterocycles. The third-order valence-electron chi connectivity index (χ3n) is 24.4. The molecule has 104 heavy (non-hydrogen) atoms. The molecule has 0 saturated heterocycles. The SMILES string of the molecule is CC1(C)c2cc(-c3ccc4c(c3)-c3ccccc3C43c4ccccc4-c4c(N(c5ccc(-c6ccccc6)cc5)c5ccc6oc7ccccc7c6c5)cccc43)ccc2-c2ccc(N(c3ccccc3-c3ccccc3)c3cccc4c3C3C=CC=CC3C43c4ccccc4-c4ccccc43)cc21. The van der Waals surface area contributed by atoms with Crippen molar-refractivity contribution in [2.45, 2.75) is 36.0 Å². The second-order valence-electron chi connectivity index (χ2n) is 29.6. The molecule has 6 aliphatic rings. The van der Waals surface area contributed by atoms with E-state index in [1.54, 1.807) is 0 Å². The van der Waals surface area contributed by atoms with Crippen LogP contribution in [0.3, 0.4) is 0 Å². The van der Waals surface area contributed by atoms with Crippen LogP contribution in [0.1, 0.15) is 75.4 Å². The zero-order valence-corrected chi connectivity index (χ0v) is 57.6. The summed E-state index contributed by atoms with van der Waals surface area (Å²) in [6.07, 6.45) is 9.57. The Bertz CT molecular complexity index is 6320. The number of benzene rings is 15. The first kappa shape index (κ1) is 58.9. The molecule has 0 radical (unpaired) electrons. The van der Waals surface area contributed by atoms with Crippen LogP contribution in [0.25, 0.3) is 99.8 Å². The van der Waals surface area contributed by atoms with Gasteiger partial charge in [0.1, 0.15) is 11.2 Å². The zero-order valence-electron chi connectivity index (χ0n) is 57.6. The first-order valence-electron chi connectivity index (χ1n) is 36.6. The van der Waals surface area contributed by atoms with Gasteiger partial charge in [-0.3, -0.25) is 0 Å². The average Bonchev–Trinajstić information content (AvgIpc) is 1.51. The van der Waals surface area contributed by atoms with Gasteiger partial charge in [-0.1, -0.05) is 299 Å². The Kier molecular flexibility index (Phi) is 12.5. The van der Waals surface area contributed by atoms with Gasteiger partial charge >= 0.3 is 0 Å². The van der Waals surface area contributed by atoms with Gasteiger partial charge in [0.05, 0.1) is 27.9 Å². The van der Waals surface area contributed by atoms with E-state index in [2.05, 4.69) is 382 Å². The molecule has 0 amide bonds. The second-order valence-corrected chi connectivity index (χ2v) is 29.6. The van der Waals surface area contributed by atoms with Crippen LogP contribution >= 0.6 is 0 Å². The average molecular weight is 1330 g/mol. The van der Waals surface area contributed by atoms with Gasteiger partial charge in [0, 0.05) is 56.2 Å². The molecular formula is C101H68N2O. The van der Waals surface area contributed by atoms with Gasteiger partial charge < -0.3 is 14.2 Å². The molecule has 2 spiro atoms. The van der Waals surface area contributed by atoms with E-state index in [0.29, 0.717) is 0 Å². The maximum absolute atomic E-state index is 6.47. The Morgan fingerprint density at radius 3 is 1.53 bits per heavy atom. The highest BCUT2D eigenvalue weighted by molar-refractivity contribution is 6.08. The molecule has 15 aromatic carbocycles. The largest absolute Gasteiger partial charge is 0.456 e. The van der Waals surface area contributed by atoms with Crippen LogP contribution in [-0.4, -0.2) is 0 Å². The number of para-hydroxylation sites is 2. The predicted octanol–water partition coefficient (Wildman–Crippen LogP) is 26.3. The molecule has 3 heteroatoms. The predicted molar refractivity (Wildman–Crippen MR) is 430 cm³/mol. The Labute approximate surface area is 605 Å². The van der Waals surface area contributed by atoms with Gasteiger partial charge in [-0.15, -0.1) is 0 Å². The van der Waals surface area contributed by atoms with E-state index in [1.807, 2.05) is 6.07 Å². The monoisotopic (exact) mass is 1320 g/mol. The fourth-order valence-electron chi connectivity index (χ4n) is 20.1. The quantitative estimate of drug-likeness (QED) is 0.144. The van der Waals surface area contributed by atoms with Crippen molar-refractivity contribution in [1.82, 2.24) is 0 Å². The molecule has 0 fully saturated rings. The molecule has 488 valence electrons. The zero-order chi connectivity index (χ0) is 68.6. The van der Waals surface area contributed by atoms with Gasteiger partial charge in [0.25, 0.3) is 0 Å². The molecule has 0 aliphatic heterocycles. The fourth-order valence-corrected chi connectivity index (χ4v) is 20.1. The van der Waals surface area contributed by atoms with Gasteiger partial charge in [-0.05, 0) is 201 Å². The van der Waals surface area contributed by atoms with E-state index in [9.17, 15) is 0 Å². The van der Waals surface area contributed by atoms with Crippen LogP contribution in [0.2, 0.25) is 0 Å². The number of furan rings is 1. The highest BCUT2D eigenvalue weighted by Crippen LogP contribution is 2.69. The topological polar surface area (TPSA) is 19.6 Å². The number of fused-ring (bicyclic) bond motifs is 26. The summed E-state index contributed by atoms with van der Waals surface area (Å²) >= 11 is 0. The minimum absolute atomic E-state index is 0.129. The lowest BCUT2D eigenvalue weighted by atomic mass is 9.65. The van der Waals surface area contributed by atoms with Gasteiger partial charge in [0.2, 0.25) is 0 Å². The van der Waals surface area contributed by atoms with Gasteiger partial charge in [-0.2, -0.15) is 0 Å². The summed E-state index contributed by atoms with van der Waals surface area (Å²) in [6, 6.07) is 128. The third kappa shape index (κ3) is 8.01. The summed E-state index contributed by atoms with van der Waals surface area (Å²) in [4.78, 5) is 5.09. The van der Waals surface area contributed by atoms with Crippen molar-refractivity contribution < 1.29 is 4.42 Å². The van der Waals surface area contributed by atoms with E-state index in [-0.39, 0.29) is 22.7 Å². The normalized spacial score (nSPS) is 17.1. The highest BCUT2D eigenvalue weighted by atomic mass is 16.3.